The first-order valence-corrected chi connectivity index (χ1v) is 10.3. The Balaban J connectivity index is 2.82. The minimum Gasteiger partial charge on any atom is -0.518 e. The summed E-state index contributed by atoms with van der Waals surface area (Å²) in [4.78, 5) is 12.6. The molecule has 1 aliphatic carbocycles. The normalized spacial score (nSPS) is 24.5. The van der Waals surface area contributed by atoms with Crippen molar-refractivity contribution in [1.82, 2.24) is 0 Å². The summed E-state index contributed by atoms with van der Waals surface area (Å²) in [5.41, 5.74) is 1.29. The highest BCUT2D eigenvalue weighted by Crippen LogP contribution is 2.43. The molecule has 0 aliphatic heterocycles. The maximum atomic E-state index is 12.6. The van der Waals surface area contributed by atoms with E-state index in [0.29, 0.717) is 16.6 Å². The third-order valence-corrected chi connectivity index (χ3v) is 11.0. The molecule has 0 unspecified atom stereocenters. The van der Waals surface area contributed by atoms with Crippen LogP contribution < -0.4 is 0 Å². The molecule has 0 spiro atoms. The van der Waals surface area contributed by atoms with Crippen LogP contribution in [0.25, 0.3) is 0 Å². The van der Waals surface area contributed by atoms with Crippen LogP contribution in [0.1, 0.15) is 67.2 Å². The standard InChI is InChI=1S/C16H32O3Si/c1-11(2)20(12(3)4,13(5)6)19-16(18)14-7-9-15(17)10-8-14/h11-15,17H,7-10H2,1-6H3. The predicted octanol–water partition coefficient (Wildman–Crippen LogP) is 4.26. The summed E-state index contributed by atoms with van der Waals surface area (Å²) in [7, 11) is -2.10. The Kier molecular flexibility index (Phi) is 6.26. The van der Waals surface area contributed by atoms with Crippen molar-refractivity contribution in [3.63, 3.8) is 0 Å². The Morgan fingerprint density at radius 2 is 1.35 bits per heavy atom. The zero-order chi connectivity index (χ0) is 15.5. The second-order valence-corrected chi connectivity index (χ2v) is 12.6. The first-order valence-electron chi connectivity index (χ1n) is 8.12. The van der Waals surface area contributed by atoms with Crippen LogP contribution in [0, 0.1) is 5.92 Å². The van der Waals surface area contributed by atoms with Gasteiger partial charge in [-0.15, -0.1) is 0 Å². The third kappa shape index (κ3) is 3.64. The average molecular weight is 301 g/mol. The van der Waals surface area contributed by atoms with Crippen molar-refractivity contribution >= 4 is 14.3 Å². The van der Waals surface area contributed by atoms with E-state index in [1.807, 2.05) is 0 Å². The molecule has 20 heavy (non-hydrogen) atoms. The molecule has 118 valence electrons. The van der Waals surface area contributed by atoms with Crippen LogP contribution in [0.3, 0.4) is 0 Å². The van der Waals surface area contributed by atoms with Crippen LogP contribution in [0.5, 0.6) is 0 Å². The van der Waals surface area contributed by atoms with Gasteiger partial charge in [0, 0.05) is 0 Å². The smallest absolute Gasteiger partial charge is 0.295 e. The molecule has 1 rings (SSSR count). The molecule has 1 aliphatic rings. The number of aliphatic hydroxyl groups excluding tert-OH is 1. The quantitative estimate of drug-likeness (QED) is 0.772. The summed E-state index contributed by atoms with van der Waals surface area (Å²) >= 11 is 0. The SMILES string of the molecule is CC(C)[Si](OC(=O)C1CCC(O)CC1)(C(C)C)C(C)C. The van der Waals surface area contributed by atoms with Crippen LogP contribution >= 0.6 is 0 Å². The monoisotopic (exact) mass is 300 g/mol. The second kappa shape index (κ2) is 7.08. The van der Waals surface area contributed by atoms with Crippen molar-refractivity contribution in [3.05, 3.63) is 0 Å². The van der Waals surface area contributed by atoms with Crippen molar-refractivity contribution in [2.45, 2.75) is 90.0 Å². The van der Waals surface area contributed by atoms with Gasteiger partial charge >= 0.3 is 0 Å². The summed E-state index contributed by atoms with van der Waals surface area (Å²) in [6, 6.07) is 0. The molecule has 0 bridgehead atoms. The maximum Gasteiger partial charge on any atom is 0.295 e. The molecule has 0 atom stereocenters. The predicted molar refractivity (Wildman–Crippen MR) is 85.1 cm³/mol. The maximum absolute atomic E-state index is 12.6. The Morgan fingerprint density at radius 3 is 1.70 bits per heavy atom. The number of rotatable bonds is 5. The first kappa shape index (κ1) is 17.7. The van der Waals surface area contributed by atoms with E-state index in [0.717, 1.165) is 25.7 Å². The number of aliphatic hydroxyl groups is 1. The van der Waals surface area contributed by atoms with Gasteiger partial charge in [0.2, 0.25) is 0 Å². The third-order valence-electron chi connectivity index (χ3n) is 5.01. The Labute approximate surface area is 125 Å². The molecule has 3 nitrogen and oxygen atoms in total. The lowest BCUT2D eigenvalue weighted by molar-refractivity contribution is -0.142. The van der Waals surface area contributed by atoms with Gasteiger partial charge in [-0.3, -0.25) is 4.79 Å². The number of carbonyl (C=O) groups excluding carboxylic acids is 1. The van der Waals surface area contributed by atoms with Crippen LogP contribution in [0.2, 0.25) is 16.6 Å². The van der Waals surface area contributed by atoms with Crippen molar-refractivity contribution in [3.8, 4) is 0 Å². The van der Waals surface area contributed by atoms with E-state index in [9.17, 15) is 9.90 Å². The summed E-state index contributed by atoms with van der Waals surface area (Å²) in [6.45, 7) is 13.2. The zero-order valence-corrected chi connectivity index (χ0v) is 15.0. The molecule has 0 heterocycles. The van der Waals surface area contributed by atoms with E-state index >= 15 is 0 Å². The van der Waals surface area contributed by atoms with E-state index in [1.54, 1.807) is 0 Å². The highest BCUT2D eigenvalue weighted by atomic mass is 28.4. The summed E-state index contributed by atoms with van der Waals surface area (Å²) in [5.74, 6) is 0.00110. The fraction of sp³-hybridized carbons (Fsp3) is 0.938. The number of hydrogen-bond acceptors (Lipinski definition) is 3. The Morgan fingerprint density at radius 1 is 0.950 bits per heavy atom. The van der Waals surface area contributed by atoms with Crippen molar-refractivity contribution < 1.29 is 14.3 Å². The Hall–Kier alpha value is -0.353. The van der Waals surface area contributed by atoms with Gasteiger partial charge < -0.3 is 9.53 Å². The van der Waals surface area contributed by atoms with E-state index in [4.69, 9.17) is 4.43 Å². The lowest BCUT2D eigenvalue weighted by Crippen LogP contribution is -2.50. The van der Waals surface area contributed by atoms with Crippen LogP contribution in [0.4, 0.5) is 0 Å². The zero-order valence-electron chi connectivity index (χ0n) is 14.0. The van der Waals surface area contributed by atoms with Gasteiger partial charge in [0.05, 0.1) is 12.0 Å². The van der Waals surface area contributed by atoms with E-state index in [-0.39, 0.29) is 18.0 Å². The minimum atomic E-state index is -2.10. The summed E-state index contributed by atoms with van der Waals surface area (Å²) in [5, 5.41) is 9.56. The van der Waals surface area contributed by atoms with Gasteiger partial charge in [-0.05, 0) is 42.3 Å². The Bertz CT molecular complexity index is 296. The molecule has 0 aromatic carbocycles. The molecule has 1 fully saturated rings. The highest BCUT2D eigenvalue weighted by Gasteiger charge is 2.49. The molecule has 4 heteroatoms. The van der Waals surface area contributed by atoms with Crippen molar-refractivity contribution in [1.29, 1.82) is 0 Å². The molecule has 0 aromatic rings. The molecule has 1 N–H and O–H groups in total. The molecule has 1 saturated carbocycles. The van der Waals surface area contributed by atoms with Gasteiger partial charge in [-0.25, -0.2) is 0 Å². The molecule has 0 radical (unpaired) electrons. The van der Waals surface area contributed by atoms with E-state index in [1.165, 1.54) is 0 Å². The number of carbonyl (C=O) groups is 1. The van der Waals surface area contributed by atoms with Crippen molar-refractivity contribution in [2.75, 3.05) is 0 Å². The lowest BCUT2D eigenvalue weighted by atomic mass is 9.88. The lowest BCUT2D eigenvalue weighted by Gasteiger charge is -2.42. The van der Waals surface area contributed by atoms with Gasteiger partial charge in [0.15, 0.2) is 0 Å². The minimum absolute atomic E-state index is 0.000309. The fourth-order valence-electron chi connectivity index (χ4n) is 3.92. The molecule has 0 aromatic heterocycles. The van der Waals surface area contributed by atoms with Gasteiger partial charge in [-0.1, -0.05) is 41.5 Å². The largest absolute Gasteiger partial charge is 0.518 e. The summed E-state index contributed by atoms with van der Waals surface area (Å²) < 4.78 is 6.22. The second-order valence-electron chi connectivity index (χ2n) is 7.24. The summed E-state index contributed by atoms with van der Waals surface area (Å²) in [6.07, 6.45) is 2.80. The average Bonchev–Trinajstić information content (AvgIpc) is 2.35. The molecule has 0 saturated heterocycles. The van der Waals surface area contributed by atoms with E-state index in [2.05, 4.69) is 41.5 Å². The van der Waals surface area contributed by atoms with Crippen molar-refractivity contribution in [2.24, 2.45) is 5.92 Å². The van der Waals surface area contributed by atoms with Crippen LogP contribution in [-0.2, 0) is 9.22 Å². The van der Waals surface area contributed by atoms with E-state index < -0.39 is 8.32 Å². The first-order chi connectivity index (χ1) is 9.21. The van der Waals surface area contributed by atoms with Crippen LogP contribution in [-0.4, -0.2) is 25.5 Å². The molecular formula is C16H32O3Si. The molecular weight excluding hydrogens is 268 g/mol. The van der Waals surface area contributed by atoms with Gasteiger partial charge in [0.25, 0.3) is 14.3 Å². The van der Waals surface area contributed by atoms with Crippen LogP contribution in [0.15, 0.2) is 0 Å². The highest BCUT2D eigenvalue weighted by molar-refractivity contribution is 6.78. The van der Waals surface area contributed by atoms with Gasteiger partial charge in [0.1, 0.15) is 0 Å². The number of hydrogen-bond donors (Lipinski definition) is 1. The van der Waals surface area contributed by atoms with Gasteiger partial charge in [-0.2, -0.15) is 0 Å². The fourth-order valence-corrected chi connectivity index (χ4v) is 9.14. The topological polar surface area (TPSA) is 46.5 Å². The molecule has 0 amide bonds.